The Morgan fingerprint density at radius 3 is 1.64 bits per heavy atom. The van der Waals surface area contributed by atoms with E-state index in [0.717, 1.165) is 89.4 Å². The molecule has 0 aromatic rings. The lowest BCUT2D eigenvalue weighted by atomic mass is 9.93. The van der Waals surface area contributed by atoms with Gasteiger partial charge in [0.05, 0.1) is 0 Å². The lowest BCUT2D eigenvalue weighted by Crippen LogP contribution is -2.13. The quantitative estimate of drug-likeness (QED) is 0.0642. The Hall–Kier alpha value is -1.84. The van der Waals surface area contributed by atoms with Gasteiger partial charge in [-0.3, -0.25) is 0 Å². The van der Waals surface area contributed by atoms with Gasteiger partial charge in [0.2, 0.25) is 0 Å². The molecule has 0 saturated carbocycles. The highest BCUT2D eigenvalue weighted by Crippen LogP contribution is 2.19. The molecule has 0 heterocycles. The first-order chi connectivity index (χ1) is 17.6. The summed E-state index contributed by atoms with van der Waals surface area (Å²) in [5.74, 6) is -0.263. The van der Waals surface area contributed by atoms with E-state index in [1.54, 1.807) is 6.92 Å². The molecular formula is C32H54O4. The van der Waals surface area contributed by atoms with Crippen molar-refractivity contribution >= 4 is 25.1 Å². The Kier molecular flexibility index (Phi) is 24.9. The Morgan fingerprint density at radius 2 is 1.03 bits per heavy atom. The van der Waals surface area contributed by atoms with Crippen molar-refractivity contribution < 1.29 is 19.2 Å². The van der Waals surface area contributed by atoms with Crippen molar-refractivity contribution in [2.75, 3.05) is 0 Å². The van der Waals surface area contributed by atoms with Crippen molar-refractivity contribution in [3.63, 3.8) is 0 Å². The average Bonchev–Trinajstić information content (AvgIpc) is 2.90. The number of carbonyl (C=O) groups excluding carboxylic acids is 4. The van der Waals surface area contributed by atoms with Gasteiger partial charge in [0.25, 0.3) is 0 Å². The summed E-state index contributed by atoms with van der Waals surface area (Å²) in [4.78, 5) is 44.6. The van der Waals surface area contributed by atoms with Crippen molar-refractivity contribution in [3.8, 4) is 0 Å². The molecule has 4 unspecified atom stereocenters. The van der Waals surface area contributed by atoms with E-state index < -0.39 is 0 Å². The molecule has 0 aromatic heterocycles. The number of hydrogen-bond donors (Lipinski definition) is 0. The molecule has 0 N–H and O–H groups in total. The van der Waals surface area contributed by atoms with Crippen LogP contribution in [0.15, 0.2) is 24.3 Å². The Labute approximate surface area is 221 Å². The zero-order valence-electron chi connectivity index (χ0n) is 23.3. The smallest absolute Gasteiger partial charge is 0.124 e. The molecule has 0 bridgehead atoms. The molecule has 0 amide bonds. The molecular weight excluding hydrogens is 448 g/mol. The van der Waals surface area contributed by atoms with Gasteiger partial charge >= 0.3 is 0 Å². The van der Waals surface area contributed by atoms with Crippen LogP contribution in [0.25, 0.3) is 0 Å². The molecule has 0 aliphatic carbocycles. The van der Waals surface area contributed by atoms with E-state index in [0.29, 0.717) is 6.42 Å². The summed E-state index contributed by atoms with van der Waals surface area (Å²) in [7, 11) is 0. The molecule has 0 aliphatic rings. The zero-order valence-corrected chi connectivity index (χ0v) is 23.3. The topological polar surface area (TPSA) is 68.3 Å². The third-order valence-electron chi connectivity index (χ3n) is 7.20. The highest BCUT2D eigenvalue weighted by Gasteiger charge is 2.13. The number of unbranched alkanes of at least 4 members (excludes halogenated alkanes) is 10. The summed E-state index contributed by atoms with van der Waals surface area (Å²) in [5, 5.41) is 0. The van der Waals surface area contributed by atoms with Gasteiger partial charge in [-0.25, -0.2) is 0 Å². The first-order valence-corrected chi connectivity index (χ1v) is 14.7. The molecule has 0 saturated heterocycles. The van der Waals surface area contributed by atoms with Crippen LogP contribution in [0.4, 0.5) is 0 Å². The second-order valence-electron chi connectivity index (χ2n) is 10.5. The van der Waals surface area contributed by atoms with Crippen molar-refractivity contribution in [2.45, 2.75) is 129 Å². The minimum atomic E-state index is -0.246. The van der Waals surface area contributed by atoms with Crippen molar-refractivity contribution in [3.05, 3.63) is 24.3 Å². The van der Waals surface area contributed by atoms with E-state index in [1.807, 2.05) is 6.08 Å². The maximum Gasteiger partial charge on any atom is 0.124 e. The molecule has 0 rings (SSSR count). The van der Waals surface area contributed by atoms with E-state index in [2.05, 4.69) is 25.2 Å². The van der Waals surface area contributed by atoms with Crippen LogP contribution in [0.5, 0.6) is 0 Å². The SMILES string of the molecule is CCCCCCCCCC=CCC(C=O)CCCCCC(C=O)CCCC=CCC(C=O)C(C)C=O. The fourth-order valence-corrected chi connectivity index (χ4v) is 4.48. The number of rotatable bonds is 27. The number of hydrogen-bond acceptors (Lipinski definition) is 4. The maximum absolute atomic E-state index is 11.4. The molecule has 4 atom stereocenters. The molecule has 0 spiro atoms. The second kappa shape index (κ2) is 26.2. The second-order valence-corrected chi connectivity index (χ2v) is 10.5. The highest BCUT2D eigenvalue weighted by molar-refractivity contribution is 5.64. The molecule has 0 radical (unpaired) electrons. The van der Waals surface area contributed by atoms with E-state index in [4.69, 9.17) is 0 Å². The van der Waals surface area contributed by atoms with Crippen LogP contribution in [-0.4, -0.2) is 25.1 Å². The minimum Gasteiger partial charge on any atom is -0.303 e. The lowest BCUT2D eigenvalue weighted by Gasteiger charge is -2.11. The summed E-state index contributed by atoms with van der Waals surface area (Å²) in [6.07, 6.45) is 32.0. The van der Waals surface area contributed by atoms with Crippen LogP contribution in [0.3, 0.4) is 0 Å². The highest BCUT2D eigenvalue weighted by atomic mass is 16.1. The Morgan fingerprint density at radius 1 is 0.500 bits per heavy atom. The van der Waals surface area contributed by atoms with Gasteiger partial charge in [0.15, 0.2) is 0 Å². The predicted molar refractivity (Wildman–Crippen MR) is 151 cm³/mol. The first-order valence-electron chi connectivity index (χ1n) is 14.7. The van der Waals surface area contributed by atoms with Crippen LogP contribution in [-0.2, 0) is 19.2 Å². The molecule has 0 aromatic carbocycles. The van der Waals surface area contributed by atoms with Gasteiger partial charge in [0, 0.05) is 23.7 Å². The van der Waals surface area contributed by atoms with Gasteiger partial charge in [-0.15, -0.1) is 0 Å². The average molecular weight is 503 g/mol. The van der Waals surface area contributed by atoms with Gasteiger partial charge in [-0.05, 0) is 57.8 Å². The zero-order chi connectivity index (χ0) is 26.7. The molecule has 0 aliphatic heterocycles. The van der Waals surface area contributed by atoms with Gasteiger partial charge in [0.1, 0.15) is 25.1 Å². The minimum absolute atomic E-state index is 0.104. The standard InChI is InChI=1S/C32H54O4/c1-3-4-5-6-7-8-9-10-11-15-20-30(26-34)22-17-14-18-23-31(27-35)21-16-12-13-19-24-32(28-36)29(2)25-33/h11,13,15,19,25-32H,3-10,12,14,16-18,20-24H2,1-2H3. The number of allylic oxidation sites excluding steroid dienone is 4. The molecule has 4 heteroatoms. The van der Waals surface area contributed by atoms with Crippen LogP contribution < -0.4 is 0 Å². The summed E-state index contributed by atoms with van der Waals surface area (Å²) >= 11 is 0. The van der Waals surface area contributed by atoms with Crippen LogP contribution >= 0.6 is 0 Å². The summed E-state index contributed by atoms with van der Waals surface area (Å²) < 4.78 is 0. The van der Waals surface area contributed by atoms with Crippen LogP contribution in [0, 0.1) is 23.7 Å². The molecule has 36 heavy (non-hydrogen) atoms. The van der Waals surface area contributed by atoms with E-state index in [9.17, 15) is 19.2 Å². The van der Waals surface area contributed by atoms with Gasteiger partial charge < -0.3 is 19.2 Å². The lowest BCUT2D eigenvalue weighted by molar-refractivity contribution is -0.118. The summed E-state index contributed by atoms with van der Waals surface area (Å²) in [6, 6.07) is 0. The number of aldehydes is 4. The van der Waals surface area contributed by atoms with E-state index >= 15 is 0 Å². The van der Waals surface area contributed by atoms with E-state index in [-0.39, 0.29) is 23.7 Å². The number of carbonyl (C=O) groups is 4. The predicted octanol–water partition coefficient (Wildman–Crippen LogP) is 8.42. The Bertz CT molecular complexity index is 595. The Balaban J connectivity index is 3.83. The summed E-state index contributed by atoms with van der Waals surface area (Å²) in [5.41, 5.74) is 0. The third kappa shape index (κ3) is 20.4. The fourth-order valence-electron chi connectivity index (χ4n) is 4.48. The van der Waals surface area contributed by atoms with E-state index in [1.165, 1.54) is 44.9 Å². The normalized spacial score (nSPS) is 15.1. The third-order valence-corrected chi connectivity index (χ3v) is 7.20. The molecule has 0 fully saturated rings. The van der Waals surface area contributed by atoms with Crippen molar-refractivity contribution in [1.29, 1.82) is 0 Å². The van der Waals surface area contributed by atoms with Crippen LogP contribution in [0.1, 0.15) is 129 Å². The molecule has 206 valence electrons. The van der Waals surface area contributed by atoms with Crippen molar-refractivity contribution in [1.82, 2.24) is 0 Å². The monoisotopic (exact) mass is 502 g/mol. The van der Waals surface area contributed by atoms with Crippen LogP contribution in [0.2, 0.25) is 0 Å². The summed E-state index contributed by atoms with van der Waals surface area (Å²) in [6.45, 7) is 4.02. The molecule has 4 nitrogen and oxygen atoms in total. The largest absolute Gasteiger partial charge is 0.303 e. The first kappa shape index (κ1) is 34.2. The van der Waals surface area contributed by atoms with Crippen molar-refractivity contribution in [2.24, 2.45) is 23.7 Å². The van der Waals surface area contributed by atoms with Gasteiger partial charge in [-0.2, -0.15) is 0 Å². The van der Waals surface area contributed by atoms with Gasteiger partial charge in [-0.1, -0.05) is 95.9 Å². The maximum atomic E-state index is 11.4. The fraction of sp³-hybridized carbons (Fsp3) is 0.750.